The second kappa shape index (κ2) is 7.20. The Bertz CT molecular complexity index is 462. The summed E-state index contributed by atoms with van der Waals surface area (Å²) in [4.78, 5) is 10.3. The maximum Gasteiger partial charge on any atom is 0.314 e. The van der Waals surface area contributed by atoms with Crippen molar-refractivity contribution >= 4 is 11.5 Å². The van der Waals surface area contributed by atoms with Gasteiger partial charge >= 0.3 is 5.69 Å². The Kier molecular flexibility index (Phi) is 5.59. The van der Waals surface area contributed by atoms with Gasteiger partial charge in [-0.2, -0.15) is 0 Å². The SMILES string of the molecule is COc1ccc(OCCCCC(=N)N)cc1[N+](=O)[O-]. The van der Waals surface area contributed by atoms with E-state index in [1.807, 2.05) is 0 Å². The van der Waals surface area contributed by atoms with Crippen molar-refractivity contribution in [3.05, 3.63) is 28.3 Å². The lowest BCUT2D eigenvalue weighted by Crippen LogP contribution is -2.09. The van der Waals surface area contributed by atoms with Gasteiger partial charge in [0.1, 0.15) is 5.75 Å². The van der Waals surface area contributed by atoms with Crippen LogP contribution >= 0.6 is 0 Å². The van der Waals surface area contributed by atoms with E-state index in [0.717, 1.165) is 12.8 Å². The molecule has 0 radical (unpaired) electrons. The summed E-state index contributed by atoms with van der Waals surface area (Å²) in [5.41, 5.74) is 5.10. The number of nitrogens with one attached hydrogen (secondary N) is 1. The van der Waals surface area contributed by atoms with Crippen LogP contribution in [0.15, 0.2) is 18.2 Å². The molecule has 0 saturated carbocycles. The molecule has 0 heterocycles. The van der Waals surface area contributed by atoms with Crippen molar-refractivity contribution in [1.82, 2.24) is 0 Å². The summed E-state index contributed by atoms with van der Waals surface area (Å²) in [7, 11) is 1.38. The van der Waals surface area contributed by atoms with Gasteiger partial charge in [0.05, 0.1) is 30.5 Å². The fourth-order valence-corrected chi connectivity index (χ4v) is 1.51. The standard InChI is InChI=1S/C12H17N3O4/c1-18-11-6-5-9(8-10(11)15(16)17)19-7-3-2-4-12(13)14/h5-6,8H,2-4,7H2,1H3,(H3,13,14). The molecule has 19 heavy (non-hydrogen) atoms. The number of unbranched alkanes of at least 4 members (excludes halogenated alkanes) is 1. The van der Waals surface area contributed by atoms with Crippen LogP contribution in [0.2, 0.25) is 0 Å². The largest absolute Gasteiger partial charge is 0.493 e. The third kappa shape index (κ3) is 4.82. The average Bonchev–Trinajstić information content (AvgIpc) is 2.37. The number of nitro benzene ring substituents is 1. The van der Waals surface area contributed by atoms with Crippen molar-refractivity contribution < 1.29 is 14.4 Å². The zero-order valence-corrected chi connectivity index (χ0v) is 10.7. The number of hydrogen-bond acceptors (Lipinski definition) is 5. The first-order chi connectivity index (χ1) is 9.04. The molecule has 0 aliphatic carbocycles. The first kappa shape index (κ1) is 14.7. The van der Waals surface area contributed by atoms with Crippen LogP contribution in [0.1, 0.15) is 19.3 Å². The average molecular weight is 267 g/mol. The fraction of sp³-hybridized carbons (Fsp3) is 0.417. The number of amidine groups is 1. The molecule has 3 N–H and O–H groups in total. The summed E-state index contributed by atoms with van der Waals surface area (Å²) >= 11 is 0. The third-order valence-electron chi connectivity index (χ3n) is 2.46. The summed E-state index contributed by atoms with van der Waals surface area (Å²) in [5.74, 6) is 0.782. The normalized spacial score (nSPS) is 9.95. The number of nitro groups is 1. The number of ether oxygens (including phenoxy) is 2. The van der Waals surface area contributed by atoms with Gasteiger partial charge < -0.3 is 15.2 Å². The van der Waals surface area contributed by atoms with Crippen molar-refractivity contribution in [3.8, 4) is 11.5 Å². The van der Waals surface area contributed by atoms with Gasteiger partial charge in [-0.05, 0) is 25.0 Å². The molecule has 0 saturated heterocycles. The molecule has 0 aliphatic heterocycles. The van der Waals surface area contributed by atoms with E-state index in [0.29, 0.717) is 18.8 Å². The van der Waals surface area contributed by atoms with Gasteiger partial charge in [0, 0.05) is 6.42 Å². The Morgan fingerprint density at radius 2 is 2.21 bits per heavy atom. The number of nitrogens with two attached hydrogens (primary N) is 1. The van der Waals surface area contributed by atoms with E-state index in [9.17, 15) is 10.1 Å². The van der Waals surface area contributed by atoms with Crippen LogP contribution in [0.4, 0.5) is 5.69 Å². The monoisotopic (exact) mass is 267 g/mol. The van der Waals surface area contributed by atoms with E-state index < -0.39 is 4.92 Å². The van der Waals surface area contributed by atoms with E-state index in [2.05, 4.69) is 0 Å². The molecule has 0 aliphatic rings. The minimum atomic E-state index is -0.512. The maximum absolute atomic E-state index is 10.8. The Labute approximate surface area is 111 Å². The van der Waals surface area contributed by atoms with Crippen LogP contribution in [0.3, 0.4) is 0 Å². The zero-order chi connectivity index (χ0) is 14.3. The predicted octanol–water partition coefficient (Wildman–Crippen LogP) is 2.09. The molecule has 1 aromatic carbocycles. The highest BCUT2D eigenvalue weighted by molar-refractivity contribution is 5.76. The van der Waals surface area contributed by atoms with Crippen molar-refractivity contribution in [2.24, 2.45) is 5.73 Å². The number of hydrogen-bond donors (Lipinski definition) is 2. The lowest BCUT2D eigenvalue weighted by Gasteiger charge is -2.07. The third-order valence-corrected chi connectivity index (χ3v) is 2.46. The quantitative estimate of drug-likeness (QED) is 0.246. The highest BCUT2D eigenvalue weighted by Gasteiger charge is 2.15. The zero-order valence-electron chi connectivity index (χ0n) is 10.7. The van der Waals surface area contributed by atoms with Crippen LogP contribution in [0, 0.1) is 15.5 Å². The topological polar surface area (TPSA) is 111 Å². The molecule has 0 amide bonds. The summed E-state index contributed by atoms with van der Waals surface area (Å²) in [6, 6.07) is 4.46. The van der Waals surface area contributed by atoms with Gasteiger partial charge in [0.15, 0.2) is 5.75 Å². The summed E-state index contributed by atoms with van der Waals surface area (Å²) in [5, 5.41) is 17.9. The Balaban J connectivity index is 2.53. The molecule has 0 fully saturated rings. The second-order valence-corrected chi connectivity index (χ2v) is 3.92. The molecule has 0 atom stereocenters. The minimum Gasteiger partial charge on any atom is -0.493 e. The molecular weight excluding hydrogens is 250 g/mol. The second-order valence-electron chi connectivity index (χ2n) is 3.92. The van der Waals surface area contributed by atoms with E-state index in [-0.39, 0.29) is 17.3 Å². The molecule has 1 rings (SSSR count). The van der Waals surface area contributed by atoms with E-state index in [1.165, 1.54) is 19.2 Å². The summed E-state index contributed by atoms with van der Waals surface area (Å²) in [6.45, 7) is 0.427. The first-order valence-electron chi connectivity index (χ1n) is 5.82. The van der Waals surface area contributed by atoms with Crippen molar-refractivity contribution in [1.29, 1.82) is 5.41 Å². The van der Waals surface area contributed by atoms with E-state index >= 15 is 0 Å². The maximum atomic E-state index is 10.8. The number of nitrogens with zero attached hydrogens (tertiary/aromatic N) is 1. The van der Waals surface area contributed by atoms with Crippen LogP contribution in [-0.2, 0) is 0 Å². The van der Waals surface area contributed by atoms with Gasteiger partial charge in [-0.3, -0.25) is 15.5 Å². The van der Waals surface area contributed by atoms with Crippen LogP contribution in [0.5, 0.6) is 11.5 Å². The lowest BCUT2D eigenvalue weighted by atomic mass is 10.2. The molecule has 7 nitrogen and oxygen atoms in total. The molecular formula is C12H17N3O4. The molecule has 0 spiro atoms. The molecule has 7 heteroatoms. The molecule has 1 aromatic rings. The molecule has 0 bridgehead atoms. The van der Waals surface area contributed by atoms with Gasteiger partial charge in [0.2, 0.25) is 0 Å². The molecule has 0 unspecified atom stereocenters. The Hall–Kier alpha value is -2.31. The van der Waals surface area contributed by atoms with Crippen LogP contribution < -0.4 is 15.2 Å². The first-order valence-corrected chi connectivity index (χ1v) is 5.82. The van der Waals surface area contributed by atoms with E-state index in [4.69, 9.17) is 20.6 Å². The predicted molar refractivity (Wildman–Crippen MR) is 70.9 cm³/mol. The van der Waals surface area contributed by atoms with Crippen LogP contribution in [-0.4, -0.2) is 24.5 Å². The van der Waals surface area contributed by atoms with E-state index in [1.54, 1.807) is 6.07 Å². The van der Waals surface area contributed by atoms with Gasteiger partial charge in [-0.1, -0.05) is 0 Å². The molecule has 0 aromatic heterocycles. The van der Waals surface area contributed by atoms with Crippen molar-refractivity contribution in [2.45, 2.75) is 19.3 Å². The Morgan fingerprint density at radius 1 is 1.47 bits per heavy atom. The van der Waals surface area contributed by atoms with Crippen molar-refractivity contribution in [3.63, 3.8) is 0 Å². The number of rotatable bonds is 8. The fourth-order valence-electron chi connectivity index (χ4n) is 1.51. The van der Waals surface area contributed by atoms with Gasteiger partial charge in [0.25, 0.3) is 0 Å². The molecule has 104 valence electrons. The summed E-state index contributed by atoms with van der Waals surface area (Å²) in [6.07, 6.45) is 2.03. The highest BCUT2D eigenvalue weighted by Crippen LogP contribution is 2.30. The number of methoxy groups -OCH3 is 1. The Morgan fingerprint density at radius 3 is 2.79 bits per heavy atom. The highest BCUT2D eigenvalue weighted by atomic mass is 16.6. The smallest absolute Gasteiger partial charge is 0.314 e. The number of benzene rings is 1. The van der Waals surface area contributed by atoms with Crippen molar-refractivity contribution in [2.75, 3.05) is 13.7 Å². The lowest BCUT2D eigenvalue weighted by molar-refractivity contribution is -0.385. The summed E-state index contributed by atoms with van der Waals surface area (Å²) < 4.78 is 10.3. The van der Waals surface area contributed by atoms with Gasteiger partial charge in [-0.25, -0.2) is 0 Å². The van der Waals surface area contributed by atoms with Gasteiger partial charge in [-0.15, -0.1) is 0 Å². The van der Waals surface area contributed by atoms with Crippen LogP contribution in [0.25, 0.3) is 0 Å². The minimum absolute atomic E-state index is 0.122.